The molecule has 82 heavy (non-hydrogen) atoms. The highest BCUT2D eigenvalue weighted by molar-refractivity contribution is 5.80. The van der Waals surface area contributed by atoms with Gasteiger partial charge in [0.1, 0.15) is 30.5 Å². The van der Waals surface area contributed by atoms with Crippen LogP contribution in [0.2, 0.25) is 0 Å². The van der Waals surface area contributed by atoms with Crippen LogP contribution in [0, 0.1) is 17.8 Å². The number of hydrogen-bond donors (Lipinski definition) is 15. The van der Waals surface area contributed by atoms with Crippen molar-refractivity contribution < 1.29 is 105 Å². The zero-order chi connectivity index (χ0) is 60.5. The number of aliphatic hydroxyl groups is 14. The number of rotatable bonds is 6. The van der Waals surface area contributed by atoms with Gasteiger partial charge in [0.25, 0.3) is 0 Å². The molecule has 2 bridgehead atoms. The number of carbonyl (C=O) groups excluding carboxylic acids is 2. The number of nitrogens with one attached hydrogen (secondary N) is 1. The number of piperazine rings is 1. The number of carbonyl (C=O) groups is 2. The first-order valence-electron chi connectivity index (χ1n) is 28.5. The van der Waals surface area contributed by atoms with E-state index in [0.717, 1.165) is 0 Å². The van der Waals surface area contributed by atoms with E-state index in [1.54, 1.807) is 97.7 Å². The van der Waals surface area contributed by atoms with Crippen molar-refractivity contribution in [2.75, 3.05) is 46.4 Å². The van der Waals surface area contributed by atoms with Crippen LogP contribution in [0.5, 0.6) is 0 Å². The van der Waals surface area contributed by atoms with Crippen molar-refractivity contribution in [2.24, 2.45) is 17.8 Å². The smallest absolute Gasteiger partial charge is 0.308 e. The second-order valence-corrected chi connectivity index (χ2v) is 22.8. The third-order valence-corrected chi connectivity index (χ3v) is 16.1. The third-order valence-electron chi connectivity index (χ3n) is 16.1. The Morgan fingerprint density at radius 3 is 1.87 bits per heavy atom. The molecule has 5 rings (SSSR count). The number of aliphatic hydroxyl groups excluding tert-OH is 12. The normalized spacial score (nSPS) is 45.6. The standard InChI is InChI=1S/C58H93N3O21/c1-34-18-16-14-12-10-8-6-7-9-11-13-15-17-19-41(81-56-53(73)49(51(71)37(4)80-56)59-33-58(77)54(74)52(72)45(68)32-78-58)29-46-48(55(75)61-24-22-60(5)23-25-61)44(67)31-57(76,82-46)30-40(64)27-43(66)42(65)21-20-38(62)26-39(63)28-47(69)79-36(3)35(2)50(34)70/h6-19,34-46,48-54,56,59,62-68,70-74,76-77H,20-33H2,1-5H3/b7-6+,10-8+,11-9+,14-12+,15-13+,18-16-,19-17+/t34-,35?,36-,37+,38+,39+,40-,41-,42-,43+,44-,45+,46?,48?,49-,50+,51+,52+,53-,54-,56-,57+,58+/m0/s1. The number of esters is 1. The highest BCUT2D eigenvalue weighted by Gasteiger charge is 2.53. The Morgan fingerprint density at radius 1 is 0.646 bits per heavy atom. The summed E-state index contributed by atoms with van der Waals surface area (Å²) in [7, 11) is 1.90. The van der Waals surface area contributed by atoms with Crippen molar-refractivity contribution in [3.05, 3.63) is 85.1 Å². The lowest BCUT2D eigenvalue weighted by Crippen LogP contribution is -2.69. The van der Waals surface area contributed by atoms with Crippen LogP contribution in [0.3, 0.4) is 0 Å². The number of allylic oxidation sites excluding steroid dienone is 12. The highest BCUT2D eigenvalue weighted by atomic mass is 16.7. The van der Waals surface area contributed by atoms with E-state index >= 15 is 0 Å². The van der Waals surface area contributed by atoms with Gasteiger partial charge in [0.05, 0.1) is 98.7 Å². The summed E-state index contributed by atoms with van der Waals surface area (Å²) in [5.41, 5.74) is 0. The third kappa shape index (κ3) is 20.5. The van der Waals surface area contributed by atoms with Crippen LogP contribution in [0.1, 0.15) is 79.1 Å². The Morgan fingerprint density at radius 2 is 1.24 bits per heavy atom. The molecule has 4 fully saturated rings. The first-order chi connectivity index (χ1) is 38.7. The molecule has 0 spiro atoms. The Kier molecular flexibility index (Phi) is 27.6. The monoisotopic (exact) mass is 1170 g/mol. The van der Waals surface area contributed by atoms with E-state index in [2.05, 4.69) is 5.32 Å². The van der Waals surface area contributed by atoms with E-state index < -0.39 is 184 Å². The molecule has 0 aromatic carbocycles. The Bertz CT molecular complexity index is 2170. The molecule has 23 atom stereocenters. The Balaban J connectivity index is 1.43. The maximum atomic E-state index is 14.5. The Labute approximate surface area is 480 Å². The summed E-state index contributed by atoms with van der Waals surface area (Å²) in [6, 6.07) is -1.33. The maximum absolute atomic E-state index is 14.5. The van der Waals surface area contributed by atoms with Crippen molar-refractivity contribution in [3.8, 4) is 0 Å². The van der Waals surface area contributed by atoms with Crippen molar-refractivity contribution in [1.29, 1.82) is 0 Å². The summed E-state index contributed by atoms with van der Waals surface area (Å²) in [6.45, 7) is 7.20. The molecule has 0 aromatic heterocycles. The fourth-order valence-corrected chi connectivity index (χ4v) is 10.7. The van der Waals surface area contributed by atoms with E-state index in [0.29, 0.717) is 26.2 Å². The number of amides is 1. The molecular weight excluding hydrogens is 1070 g/mol. The van der Waals surface area contributed by atoms with Gasteiger partial charge in [0, 0.05) is 63.7 Å². The predicted molar refractivity (Wildman–Crippen MR) is 296 cm³/mol. The quantitative estimate of drug-likeness (QED) is 0.126. The fraction of sp³-hybridized carbons (Fsp3) is 0.724. The minimum atomic E-state index is -2.46. The van der Waals surface area contributed by atoms with Crippen LogP contribution in [-0.2, 0) is 33.3 Å². The molecule has 4 saturated heterocycles. The molecule has 0 radical (unpaired) electrons. The van der Waals surface area contributed by atoms with Crippen LogP contribution in [0.25, 0.3) is 0 Å². The van der Waals surface area contributed by atoms with Crippen molar-refractivity contribution in [2.45, 2.75) is 201 Å². The largest absolute Gasteiger partial charge is 0.462 e. The molecular formula is C58H93N3O21. The molecule has 466 valence electrons. The van der Waals surface area contributed by atoms with Crippen LogP contribution in [-0.4, -0.2) is 261 Å². The molecule has 0 aliphatic carbocycles. The van der Waals surface area contributed by atoms with Gasteiger partial charge in [-0.05, 0) is 40.2 Å². The molecule has 5 aliphatic rings. The van der Waals surface area contributed by atoms with Crippen LogP contribution < -0.4 is 5.32 Å². The molecule has 1 amide bonds. The van der Waals surface area contributed by atoms with Gasteiger partial charge < -0.3 is 110 Å². The molecule has 3 unspecified atom stereocenters. The van der Waals surface area contributed by atoms with Gasteiger partial charge in [-0.2, -0.15) is 0 Å². The van der Waals surface area contributed by atoms with Crippen LogP contribution >= 0.6 is 0 Å². The second-order valence-electron chi connectivity index (χ2n) is 22.8. The number of nitrogens with zero attached hydrogens (tertiary/aromatic N) is 2. The minimum absolute atomic E-state index is 0.124. The van der Waals surface area contributed by atoms with Gasteiger partial charge in [0.2, 0.25) is 11.7 Å². The minimum Gasteiger partial charge on any atom is -0.462 e. The fourth-order valence-electron chi connectivity index (χ4n) is 10.7. The number of fused-ring (bicyclic) bond motifs is 2. The van der Waals surface area contributed by atoms with Gasteiger partial charge in [-0.3, -0.25) is 9.59 Å². The summed E-state index contributed by atoms with van der Waals surface area (Å²) in [5, 5.41) is 157. The van der Waals surface area contributed by atoms with Gasteiger partial charge in [0.15, 0.2) is 12.1 Å². The first-order valence-corrected chi connectivity index (χ1v) is 28.5. The van der Waals surface area contributed by atoms with Crippen molar-refractivity contribution >= 4 is 11.9 Å². The molecule has 15 N–H and O–H groups in total. The summed E-state index contributed by atoms with van der Waals surface area (Å²) in [5.74, 6) is -8.12. The number of ether oxygens (including phenoxy) is 5. The molecule has 24 nitrogen and oxygen atoms in total. The maximum Gasteiger partial charge on any atom is 0.308 e. The summed E-state index contributed by atoms with van der Waals surface area (Å²) in [4.78, 5) is 30.9. The van der Waals surface area contributed by atoms with E-state index in [9.17, 15) is 81.1 Å². The second kappa shape index (κ2) is 32.7. The molecule has 5 aliphatic heterocycles. The summed E-state index contributed by atoms with van der Waals surface area (Å²) < 4.78 is 29.6. The molecule has 24 heteroatoms. The van der Waals surface area contributed by atoms with Crippen LogP contribution in [0.15, 0.2) is 85.1 Å². The molecule has 0 aromatic rings. The SMILES string of the molecule is CC1[C@H](C)OC(=O)C[C@H](O)C[C@H](O)CC[C@H](O)[C@H](O)C[C@H](O)C[C@]2(O)C[C@H](O)C(C(=O)N3CCN(C)CC3)C(C[C@@H](O[C@@H]3O[C@H](C)[C@@H](O)[C@H](NC[C@@]4(O)OC[C@@H](O)[C@@H](O)[C@@H]4O)[C@@H]3O)/C=C/C=C/C=C/C=C/C=C/C=C/C=C\[C@H](C)[C@H]1O)O2. The summed E-state index contributed by atoms with van der Waals surface area (Å²) >= 11 is 0. The Hall–Kier alpha value is -3.68. The lowest BCUT2D eigenvalue weighted by atomic mass is 9.81. The van der Waals surface area contributed by atoms with Gasteiger partial charge in [-0.1, -0.05) is 98.9 Å². The topological polar surface area (TPSA) is 382 Å². The molecule has 0 saturated carbocycles. The van der Waals surface area contributed by atoms with Gasteiger partial charge in [-0.25, -0.2) is 0 Å². The number of cyclic esters (lactones) is 1. The van der Waals surface area contributed by atoms with Crippen molar-refractivity contribution in [1.82, 2.24) is 15.1 Å². The number of likely N-dealkylation sites (N-methyl/N-ethyl adjacent to an activating group) is 1. The van der Waals surface area contributed by atoms with Gasteiger partial charge >= 0.3 is 5.97 Å². The lowest BCUT2D eigenvalue weighted by Gasteiger charge is -2.48. The van der Waals surface area contributed by atoms with Gasteiger partial charge in [-0.15, -0.1) is 0 Å². The zero-order valence-corrected chi connectivity index (χ0v) is 47.6. The average molecular weight is 1170 g/mol. The van der Waals surface area contributed by atoms with E-state index in [1.807, 2.05) is 24.9 Å². The van der Waals surface area contributed by atoms with E-state index in [-0.39, 0.29) is 31.6 Å². The van der Waals surface area contributed by atoms with Crippen LogP contribution in [0.4, 0.5) is 0 Å². The van der Waals surface area contributed by atoms with E-state index in [4.69, 9.17) is 23.7 Å². The predicted octanol–water partition coefficient (Wildman–Crippen LogP) is -2.17. The van der Waals surface area contributed by atoms with Crippen molar-refractivity contribution in [3.63, 3.8) is 0 Å². The average Bonchev–Trinajstić information content (AvgIpc) is 3.58. The highest BCUT2D eigenvalue weighted by Crippen LogP contribution is 2.39. The number of hydrogen-bond acceptors (Lipinski definition) is 23. The first kappa shape index (κ1) is 69.1. The molecule has 5 heterocycles. The van der Waals surface area contributed by atoms with E-state index in [1.165, 1.54) is 6.92 Å². The zero-order valence-electron chi connectivity index (χ0n) is 47.6. The lowest BCUT2D eigenvalue weighted by molar-refractivity contribution is -0.323. The summed E-state index contributed by atoms with van der Waals surface area (Å²) in [6.07, 6.45) is -2.63.